The van der Waals surface area contributed by atoms with Crippen LogP contribution in [-0.2, 0) is 14.9 Å². The number of hydrogen-bond donors (Lipinski definition) is 2. The summed E-state index contributed by atoms with van der Waals surface area (Å²) < 4.78 is 57.6. The zero-order chi connectivity index (χ0) is 26.8. The number of rotatable bonds is 9. The van der Waals surface area contributed by atoms with Crippen molar-refractivity contribution in [1.82, 2.24) is 14.4 Å². The molecule has 1 aliphatic heterocycles. The summed E-state index contributed by atoms with van der Waals surface area (Å²) in [7, 11) is -2.52. The summed E-state index contributed by atoms with van der Waals surface area (Å²) >= 11 is 0. The van der Waals surface area contributed by atoms with Gasteiger partial charge in [0, 0.05) is 43.0 Å². The Morgan fingerprint density at radius 3 is 2.51 bits per heavy atom. The number of carbonyl (C=O) groups excluding carboxylic acids is 1. The van der Waals surface area contributed by atoms with Crippen molar-refractivity contribution in [3.05, 3.63) is 24.4 Å². The van der Waals surface area contributed by atoms with Crippen LogP contribution >= 0.6 is 0 Å². The van der Waals surface area contributed by atoms with E-state index in [1.807, 2.05) is 10.8 Å². The summed E-state index contributed by atoms with van der Waals surface area (Å²) in [6.07, 6.45) is 4.42. The molecule has 2 aromatic rings. The standard InChI is InChI=1S/C25H35FN4O6S/c1-24(2,3)36-23(31)29-37(32,33)28-15-25(8-9-25)17-6-11-30(12-7-17)20-5-10-27-19-14-21(34-4)22(35-16-26)13-18(19)20/h5,10,13-14,17,28H,6-9,11-12,15-16H2,1-4H3,(H,29,31). The zero-order valence-corrected chi connectivity index (χ0v) is 22.5. The highest BCUT2D eigenvalue weighted by Gasteiger charge is 2.50. The molecule has 2 aliphatic rings. The van der Waals surface area contributed by atoms with Crippen LogP contribution in [0.3, 0.4) is 0 Å². The van der Waals surface area contributed by atoms with E-state index in [9.17, 15) is 17.6 Å². The fourth-order valence-corrected chi connectivity index (χ4v) is 5.86. The van der Waals surface area contributed by atoms with Crippen molar-refractivity contribution in [2.45, 2.75) is 52.1 Å². The van der Waals surface area contributed by atoms with Gasteiger partial charge in [-0.15, -0.1) is 0 Å². The molecular weight excluding hydrogens is 503 g/mol. The Kier molecular flexibility index (Phi) is 7.70. The number of alkyl halides is 1. The zero-order valence-electron chi connectivity index (χ0n) is 21.7. The summed E-state index contributed by atoms with van der Waals surface area (Å²) in [5, 5.41) is 0.854. The van der Waals surface area contributed by atoms with E-state index in [0.29, 0.717) is 17.4 Å². The van der Waals surface area contributed by atoms with Gasteiger partial charge in [0.2, 0.25) is 6.86 Å². The number of fused-ring (bicyclic) bond motifs is 1. The second kappa shape index (κ2) is 10.5. The van der Waals surface area contributed by atoms with Gasteiger partial charge in [0.25, 0.3) is 0 Å². The Bertz CT molecular complexity index is 1240. The quantitative estimate of drug-likeness (QED) is 0.493. The molecule has 12 heteroatoms. The fraction of sp³-hybridized carbons (Fsp3) is 0.600. The highest BCUT2D eigenvalue weighted by atomic mass is 32.2. The van der Waals surface area contributed by atoms with E-state index < -0.39 is 28.8 Å². The molecule has 10 nitrogen and oxygen atoms in total. The molecular formula is C25H35FN4O6S. The van der Waals surface area contributed by atoms with Crippen LogP contribution in [0.4, 0.5) is 14.9 Å². The van der Waals surface area contributed by atoms with E-state index in [-0.39, 0.29) is 12.0 Å². The Hall–Kier alpha value is -2.86. The van der Waals surface area contributed by atoms with E-state index >= 15 is 0 Å². The van der Waals surface area contributed by atoms with Crippen LogP contribution in [0.5, 0.6) is 11.5 Å². The molecule has 4 rings (SSSR count). The maximum absolute atomic E-state index is 12.9. The molecule has 1 aromatic carbocycles. The average Bonchev–Trinajstić information content (AvgIpc) is 3.62. The van der Waals surface area contributed by atoms with Crippen LogP contribution in [0.25, 0.3) is 10.9 Å². The summed E-state index contributed by atoms with van der Waals surface area (Å²) in [4.78, 5) is 18.6. The highest BCUT2D eigenvalue weighted by molar-refractivity contribution is 7.88. The van der Waals surface area contributed by atoms with Crippen molar-refractivity contribution >= 4 is 32.9 Å². The molecule has 1 amide bonds. The number of halogens is 1. The van der Waals surface area contributed by atoms with E-state index in [1.54, 1.807) is 39.1 Å². The summed E-state index contributed by atoms with van der Waals surface area (Å²) in [5.41, 5.74) is 0.819. The molecule has 0 atom stereocenters. The lowest BCUT2D eigenvalue weighted by Gasteiger charge is -2.38. The number of hydrogen-bond acceptors (Lipinski definition) is 8. The van der Waals surface area contributed by atoms with Crippen molar-refractivity contribution in [3.63, 3.8) is 0 Å². The van der Waals surface area contributed by atoms with Gasteiger partial charge in [-0.3, -0.25) is 4.98 Å². The molecule has 0 unspecified atom stereocenters. The molecule has 204 valence electrons. The Labute approximate surface area is 217 Å². The molecule has 2 N–H and O–H groups in total. The van der Waals surface area contributed by atoms with Crippen LogP contribution in [0, 0.1) is 11.3 Å². The molecule has 0 spiro atoms. The van der Waals surface area contributed by atoms with Gasteiger partial charge < -0.3 is 19.1 Å². The lowest BCUT2D eigenvalue weighted by molar-refractivity contribution is 0.0569. The summed E-state index contributed by atoms with van der Waals surface area (Å²) in [6.45, 7) is 5.90. The van der Waals surface area contributed by atoms with Gasteiger partial charge in [0.1, 0.15) is 5.60 Å². The molecule has 2 fully saturated rings. The minimum absolute atomic E-state index is 0.107. The average molecular weight is 539 g/mol. The first kappa shape index (κ1) is 27.2. The van der Waals surface area contributed by atoms with Crippen LogP contribution in [0.15, 0.2) is 24.4 Å². The third kappa shape index (κ3) is 6.53. The van der Waals surface area contributed by atoms with Crippen molar-refractivity contribution in [1.29, 1.82) is 0 Å². The molecule has 0 bridgehead atoms. The molecule has 1 aromatic heterocycles. The number of amides is 1. The predicted molar refractivity (Wildman–Crippen MR) is 138 cm³/mol. The normalized spacial score (nSPS) is 17.9. The minimum Gasteiger partial charge on any atom is -0.493 e. The summed E-state index contributed by atoms with van der Waals surface area (Å²) in [5.74, 6) is 1.10. The van der Waals surface area contributed by atoms with Crippen LogP contribution in [-0.4, -0.2) is 58.7 Å². The minimum atomic E-state index is -4.02. The van der Waals surface area contributed by atoms with Crippen molar-refractivity contribution < 1.29 is 31.8 Å². The first-order valence-corrected chi connectivity index (χ1v) is 13.8. The highest BCUT2D eigenvalue weighted by Crippen LogP contribution is 2.55. The Morgan fingerprint density at radius 2 is 1.92 bits per heavy atom. The van der Waals surface area contributed by atoms with Crippen molar-refractivity contribution in [2.24, 2.45) is 11.3 Å². The second-order valence-electron chi connectivity index (χ2n) is 10.7. The molecule has 1 aliphatic carbocycles. The van der Waals surface area contributed by atoms with Crippen molar-refractivity contribution in [3.8, 4) is 11.5 Å². The largest absolute Gasteiger partial charge is 0.493 e. The van der Waals surface area contributed by atoms with Gasteiger partial charge in [0.05, 0.1) is 12.6 Å². The van der Waals surface area contributed by atoms with Gasteiger partial charge in [0.15, 0.2) is 11.5 Å². The first-order valence-electron chi connectivity index (χ1n) is 12.4. The van der Waals surface area contributed by atoms with Crippen LogP contribution in [0.2, 0.25) is 0 Å². The Balaban J connectivity index is 1.39. The number of aromatic nitrogens is 1. The number of ether oxygens (including phenoxy) is 3. The number of nitrogens with zero attached hydrogens (tertiary/aromatic N) is 2. The van der Waals surface area contributed by atoms with E-state index in [2.05, 4.69) is 14.6 Å². The number of nitrogens with one attached hydrogen (secondary N) is 2. The van der Waals surface area contributed by atoms with E-state index in [0.717, 1.165) is 55.4 Å². The molecule has 37 heavy (non-hydrogen) atoms. The number of anilines is 1. The lowest BCUT2D eigenvalue weighted by atomic mass is 9.81. The molecule has 1 saturated carbocycles. The Morgan fingerprint density at radius 1 is 1.22 bits per heavy atom. The number of benzene rings is 1. The van der Waals surface area contributed by atoms with Crippen LogP contribution < -0.4 is 23.8 Å². The van der Waals surface area contributed by atoms with Gasteiger partial charge in [-0.1, -0.05) is 0 Å². The maximum Gasteiger partial charge on any atom is 0.422 e. The van der Waals surface area contributed by atoms with Crippen LogP contribution in [0.1, 0.15) is 46.5 Å². The predicted octanol–water partition coefficient (Wildman–Crippen LogP) is 3.90. The molecule has 0 radical (unpaired) electrons. The van der Waals surface area contributed by atoms with E-state index in [1.165, 1.54) is 7.11 Å². The smallest absolute Gasteiger partial charge is 0.422 e. The van der Waals surface area contributed by atoms with Gasteiger partial charge in [-0.25, -0.2) is 13.9 Å². The lowest BCUT2D eigenvalue weighted by Crippen LogP contribution is -2.46. The topological polar surface area (TPSA) is 119 Å². The monoisotopic (exact) mass is 538 g/mol. The number of pyridine rings is 1. The van der Waals surface area contributed by atoms with Gasteiger partial charge >= 0.3 is 16.3 Å². The fourth-order valence-electron chi connectivity index (χ4n) is 5.05. The molecule has 2 heterocycles. The van der Waals surface area contributed by atoms with Gasteiger partial charge in [-0.2, -0.15) is 13.1 Å². The molecule has 1 saturated heterocycles. The third-order valence-electron chi connectivity index (χ3n) is 7.04. The van der Waals surface area contributed by atoms with E-state index in [4.69, 9.17) is 14.2 Å². The first-order chi connectivity index (χ1) is 17.5. The maximum atomic E-state index is 12.9. The summed E-state index contributed by atoms with van der Waals surface area (Å²) in [6, 6.07) is 5.45. The number of piperidine rings is 1. The number of carbonyl (C=O) groups is 1. The third-order valence-corrected chi connectivity index (χ3v) is 8.00. The van der Waals surface area contributed by atoms with Gasteiger partial charge in [-0.05, 0) is 69.9 Å². The SMILES string of the molecule is COc1cc2nccc(N3CCC(C4(CNS(=O)(=O)NC(=O)OC(C)(C)C)CC4)CC3)c2cc1OCF. The number of methoxy groups -OCH3 is 1. The van der Waals surface area contributed by atoms with Crippen molar-refractivity contribution in [2.75, 3.05) is 38.5 Å². The second-order valence-corrected chi connectivity index (χ2v) is 12.2.